The van der Waals surface area contributed by atoms with Crippen molar-refractivity contribution in [1.29, 1.82) is 0 Å². The zero-order valence-corrected chi connectivity index (χ0v) is 9.52. The standard InChI is InChI=1S/C9H8N2O8/c1-2-19-9(14)4-3-5(12)7(11(17)18)8(13)6(4)10(15)16/h3,12-13H,2H2,1H3. The Morgan fingerprint density at radius 2 is 1.79 bits per heavy atom. The highest BCUT2D eigenvalue weighted by Crippen LogP contribution is 2.44. The van der Waals surface area contributed by atoms with Crippen LogP contribution in [0.15, 0.2) is 6.07 Å². The van der Waals surface area contributed by atoms with E-state index in [0.29, 0.717) is 6.07 Å². The number of hydrogen-bond acceptors (Lipinski definition) is 8. The van der Waals surface area contributed by atoms with Gasteiger partial charge in [-0.15, -0.1) is 0 Å². The highest BCUT2D eigenvalue weighted by atomic mass is 16.6. The third kappa shape index (κ3) is 2.51. The minimum Gasteiger partial charge on any atom is -0.502 e. The van der Waals surface area contributed by atoms with E-state index in [1.54, 1.807) is 0 Å². The number of phenols is 2. The maximum Gasteiger partial charge on any atom is 0.359 e. The molecular weight excluding hydrogens is 264 g/mol. The fourth-order valence-electron chi connectivity index (χ4n) is 1.36. The Hall–Kier alpha value is -2.91. The SMILES string of the molecule is CCOC(=O)c1cc(O)c([N+](=O)[O-])c(O)c1[N+](=O)[O-]. The highest BCUT2D eigenvalue weighted by Gasteiger charge is 2.36. The van der Waals surface area contributed by atoms with Crippen LogP contribution in [-0.2, 0) is 4.74 Å². The lowest BCUT2D eigenvalue weighted by atomic mass is 10.1. The molecule has 19 heavy (non-hydrogen) atoms. The maximum absolute atomic E-state index is 11.4. The topological polar surface area (TPSA) is 153 Å². The van der Waals surface area contributed by atoms with Crippen LogP contribution in [0.25, 0.3) is 0 Å². The minimum atomic E-state index is -1.40. The Labute approximate surface area is 105 Å². The lowest BCUT2D eigenvalue weighted by molar-refractivity contribution is -0.396. The van der Waals surface area contributed by atoms with Gasteiger partial charge >= 0.3 is 17.3 Å². The number of hydrogen-bond donors (Lipinski definition) is 2. The van der Waals surface area contributed by atoms with Crippen molar-refractivity contribution >= 4 is 17.3 Å². The van der Waals surface area contributed by atoms with E-state index in [1.165, 1.54) is 6.92 Å². The summed E-state index contributed by atoms with van der Waals surface area (Å²) in [6.07, 6.45) is 0. The van der Waals surface area contributed by atoms with E-state index >= 15 is 0 Å². The van der Waals surface area contributed by atoms with Gasteiger partial charge in [0.1, 0.15) is 5.56 Å². The van der Waals surface area contributed by atoms with Gasteiger partial charge in [0.2, 0.25) is 0 Å². The van der Waals surface area contributed by atoms with Crippen molar-refractivity contribution in [3.63, 3.8) is 0 Å². The van der Waals surface area contributed by atoms with Crippen molar-refractivity contribution in [3.8, 4) is 11.5 Å². The van der Waals surface area contributed by atoms with Crippen LogP contribution in [0.4, 0.5) is 11.4 Å². The predicted molar refractivity (Wildman–Crippen MR) is 59.0 cm³/mol. The van der Waals surface area contributed by atoms with Crippen molar-refractivity contribution in [1.82, 2.24) is 0 Å². The second-order valence-electron chi connectivity index (χ2n) is 3.22. The smallest absolute Gasteiger partial charge is 0.359 e. The van der Waals surface area contributed by atoms with Crippen LogP contribution in [0.5, 0.6) is 11.5 Å². The van der Waals surface area contributed by atoms with Crippen LogP contribution >= 0.6 is 0 Å². The summed E-state index contributed by atoms with van der Waals surface area (Å²) in [6.45, 7) is 1.34. The maximum atomic E-state index is 11.4. The van der Waals surface area contributed by atoms with E-state index < -0.39 is 44.3 Å². The number of benzene rings is 1. The number of carbonyl (C=O) groups excluding carboxylic acids is 1. The zero-order chi connectivity index (χ0) is 14.7. The second-order valence-corrected chi connectivity index (χ2v) is 3.22. The largest absolute Gasteiger partial charge is 0.502 e. The molecule has 1 aromatic rings. The van der Waals surface area contributed by atoms with Crippen molar-refractivity contribution in [2.75, 3.05) is 6.61 Å². The first kappa shape index (κ1) is 14.2. The van der Waals surface area contributed by atoms with Gasteiger partial charge in [-0.1, -0.05) is 0 Å². The Bertz CT molecular complexity index is 568. The Morgan fingerprint density at radius 1 is 1.26 bits per heavy atom. The van der Waals surface area contributed by atoms with Gasteiger partial charge in [-0.2, -0.15) is 0 Å². The van der Waals surface area contributed by atoms with Crippen LogP contribution < -0.4 is 0 Å². The molecule has 0 aliphatic heterocycles. The van der Waals surface area contributed by atoms with Crippen molar-refractivity contribution in [3.05, 3.63) is 31.9 Å². The van der Waals surface area contributed by atoms with Gasteiger partial charge in [0.05, 0.1) is 16.5 Å². The van der Waals surface area contributed by atoms with Gasteiger partial charge < -0.3 is 14.9 Å². The first-order valence-corrected chi connectivity index (χ1v) is 4.86. The van der Waals surface area contributed by atoms with Gasteiger partial charge in [-0.05, 0) is 6.92 Å². The number of rotatable bonds is 4. The fraction of sp³-hybridized carbons (Fsp3) is 0.222. The molecule has 1 aromatic carbocycles. The molecule has 10 heteroatoms. The van der Waals surface area contributed by atoms with Gasteiger partial charge in [0.25, 0.3) is 5.75 Å². The molecule has 1 rings (SSSR count). The monoisotopic (exact) mass is 272 g/mol. The first-order valence-electron chi connectivity index (χ1n) is 4.86. The molecule has 0 aliphatic carbocycles. The van der Waals surface area contributed by atoms with Gasteiger partial charge in [0, 0.05) is 6.07 Å². The molecule has 102 valence electrons. The van der Waals surface area contributed by atoms with E-state index in [1.807, 2.05) is 0 Å². The normalized spacial score (nSPS) is 9.95. The molecule has 0 amide bonds. The highest BCUT2D eigenvalue weighted by molar-refractivity contribution is 5.97. The molecule has 0 spiro atoms. The zero-order valence-electron chi connectivity index (χ0n) is 9.52. The quantitative estimate of drug-likeness (QED) is 0.469. The number of carbonyl (C=O) groups is 1. The average molecular weight is 272 g/mol. The summed E-state index contributed by atoms with van der Waals surface area (Å²) in [5, 5.41) is 40.1. The number of phenolic OH excluding ortho intramolecular Hbond substituents is 2. The van der Waals surface area contributed by atoms with Gasteiger partial charge in [-0.3, -0.25) is 20.2 Å². The van der Waals surface area contributed by atoms with E-state index in [2.05, 4.69) is 4.74 Å². The van der Waals surface area contributed by atoms with E-state index in [0.717, 1.165) is 0 Å². The first-order chi connectivity index (χ1) is 8.81. The average Bonchev–Trinajstić information content (AvgIpc) is 2.27. The number of ether oxygens (including phenoxy) is 1. The Balaban J connectivity index is 3.62. The van der Waals surface area contributed by atoms with Crippen molar-refractivity contribution < 1.29 is 29.6 Å². The van der Waals surface area contributed by atoms with Crippen LogP contribution in [-0.4, -0.2) is 32.6 Å². The summed E-state index contributed by atoms with van der Waals surface area (Å²) in [4.78, 5) is 30.4. The fourth-order valence-corrected chi connectivity index (χ4v) is 1.36. The summed E-state index contributed by atoms with van der Waals surface area (Å²) in [7, 11) is 0. The van der Waals surface area contributed by atoms with Gasteiger partial charge in [-0.25, -0.2) is 4.79 Å². The van der Waals surface area contributed by atoms with Crippen molar-refractivity contribution in [2.45, 2.75) is 6.92 Å². The molecule has 0 saturated carbocycles. The van der Waals surface area contributed by atoms with Crippen LogP contribution in [0.3, 0.4) is 0 Å². The van der Waals surface area contributed by atoms with Crippen molar-refractivity contribution in [2.24, 2.45) is 0 Å². The number of nitro groups is 2. The summed E-state index contributed by atoms with van der Waals surface area (Å²) in [5.41, 5.74) is -3.21. The molecule has 0 bridgehead atoms. The van der Waals surface area contributed by atoms with Crippen LogP contribution in [0.2, 0.25) is 0 Å². The lowest BCUT2D eigenvalue weighted by Crippen LogP contribution is -2.09. The summed E-state index contributed by atoms with van der Waals surface area (Å²) >= 11 is 0. The molecule has 10 nitrogen and oxygen atoms in total. The van der Waals surface area contributed by atoms with Crippen LogP contribution in [0, 0.1) is 20.2 Å². The summed E-state index contributed by atoms with van der Waals surface area (Å²) in [5.74, 6) is -3.66. The summed E-state index contributed by atoms with van der Waals surface area (Å²) in [6, 6.07) is 0.508. The Morgan fingerprint density at radius 3 is 2.21 bits per heavy atom. The van der Waals surface area contributed by atoms with Gasteiger partial charge in [0.15, 0.2) is 5.75 Å². The second kappa shape index (κ2) is 5.16. The molecule has 0 unspecified atom stereocenters. The molecular formula is C9H8N2O8. The van der Waals surface area contributed by atoms with E-state index in [-0.39, 0.29) is 6.61 Å². The Kier molecular flexibility index (Phi) is 3.85. The molecule has 0 aliphatic rings. The number of aromatic hydroxyl groups is 2. The number of nitro benzene ring substituents is 2. The molecule has 0 saturated heterocycles. The van der Waals surface area contributed by atoms with E-state index in [9.17, 15) is 35.2 Å². The van der Waals surface area contributed by atoms with Crippen LogP contribution in [0.1, 0.15) is 17.3 Å². The minimum absolute atomic E-state index is 0.103. The predicted octanol–water partition coefficient (Wildman–Crippen LogP) is 1.09. The molecule has 0 heterocycles. The molecule has 0 fully saturated rings. The third-order valence-electron chi connectivity index (χ3n) is 2.09. The molecule has 2 N–H and O–H groups in total. The summed E-state index contributed by atoms with van der Waals surface area (Å²) < 4.78 is 4.49. The van der Waals surface area contributed by atoms with E-state index in [4.69, 9.17) is 0 Å². The number of nitrogens with zero attached hydrogens (tertiary/aromatic N) is 2. The molecule has 0 radical (unpaired) electrons. The lowest BCUT2D eigenvalue weighted by Gasteiger charge is -2.06. The third-order valence-corrected chi connectivity index (χ3v) is 2.09. The number of esters is 1. The molecule has 0 aromatic heterocycles. The molecule has 0 atom stereocenters.